The highest BCUT2D eigenvalue weighted by molar-refractivity contribution is 5.80. The lowest BCUT2D eigenvalue weighted by Crippen LogP contribution is -2.46. The smallest absolute Gasteiger partial charge is 0.223 e. The molecule has 1 heterocycles. The van der Waals surface area contributed by atoms with Gasteiger partial charge in [0, 0.05) is 38.0 Å². The summed E-state index contributed by atoms with van der Waals surface area (Å²) in [6.07, 6.45) is 6.89. The Labute approximate surface area is 158 Å². The second-order valence-electron chi connectivity index (χ2n) is 7.53. The van der Waals surface area contributed by atoms with Gasteiger partial charge in [-0.15, -0.1) is 0 Å². The van der Waals surface area contributed by atoms with E-state index in [-0.39, 0.29) is 11.8 Å². The molecule has 2 aliphatic rings. The van der Waals surface area contributed by atoms with Crippen LogP contribution in [-0.2, 0) is 19.1 Å². The van der Waals surface area contributed by atoms with E-state index in [1.165, 1.54) is 0 Å². The summed E-state index contributed by atoms with van der Waals surface area (Å²) in [5.74, 6) is 1.02. The predicted molar refractivity (Wildman–Crippen MR) is 101 cm³/mol. The molecule has 2 fully saturated rings. The second kappa shape index (κ2) is 11.7. The zero-order valence-corrected chi connectivity index (χ0v) is 16.5. The summed E-state index contributed by atoms with van der Waals surface area (Å²) >= 11 is 0. The Morgan fingerprint density at radius 2 is 1.65 bits per heavy atom. The van der Waals surface area contributed by atoms with Gasteiger partial charge in [0.1, 0.15) is 5.78 Å². The predicted octanol–water partition coefficient (Wildman–Crippen LogP) is 2.02. The number of carbonyl (C=O) groups is 2. The lowest BCUT2D eigenvalue weighted by atomic mass is 9.81. The molecule has 1 N–H and O–H groups in total. The number of ketones is 1. The number of ether oxygens (including phenoxy) is 2. The molecule has 6 heteroatoms. The first kappa shape index (κ1) is 21.3. The van der Waals surface area contributed by atoms with Crippen molar-refractivity contribution < 1.29 is 19.1 Å². The third-order valence-corrected chi connectivity index (χ3v) is 5.89. The van der Waals surface area contributed by atoms with Gasteiger partial charge in [-0.3, -0.25) is 9.59 Å². The number of piperidine rings is 1. The molecule has 0 aromatic heterocycles. The number of nitrogens with one attached hydrogen (secondary N) is 1. The molecule has 6 nitrogen and oxygen atoms in total. The summed E-state index contributed by atoms with van der Waals surface area (Å²) in [6.45, 7) is 6.22. The first-order chi connectivity index (χ1) is 12.7. The molecule has 0 spiro atoms. The average Bonchev–Trinajstić information content (AvgIpc) is 2.70. The fourth-order valence-corrected chi connectivity index (χ4v) is 4.21. The van der Waals surface area contributed by atoms with E-state index in [9.17, 15) is 9.59 Å². The molecule has 0 unspecified atom stereocenters. The Kier molecular flexibility index (Phi) is 9.57. The Bertz CT molecular complexity index is 428. The largest absolute Gasteiger partial charge is 0.382 e. The van der Waals surface area contributed by atoms with Crippen molar-refractivity contribution >= 4 is 11.7 Å². The Morgan fingerprint density at radius 3 is 2.27 bits per heavy atom. The van der Waals surface area contributed by atoms with Crippen molar-refractivity contribution in [3.63, 3.8) is 0 Å². The number of carbonyl (C=O) groups excluding carboxylic acids is 2. The van der Waals surface area contributed by atoms with Crippen molar-refractivity contribution in [1.82, 2.24) is 10.2 Å². The van der Waals surface area contributed by atoms with Gasteiger partial charge in [-0.05, 0) is 51.6 Å². The zero-order chi connectivity index (χ0) is 18.8. The highest BCUT2D eigenvalue weighted by Crippen LogP contribution is 2.31. The third kappa shape index (κ3) is 6.63. The van der Waals surface area contributed by atoms with Crippen molar-refractivity contribution in [1.29, 1.82) is 0 Å². The van der Waals surface area contributed by atoms with Crippen molar-refractivity contribution in [2.75, 3.05) is 46.6 Å². The van der Waals surface area contributed by atoms with Crippen molar-refractivity contribution in [2.45, 2.75) is 57.9 Å². The fourth-order valence-electron chi connectivity index (χ4n) is 4.21. The molecule has 0 bridgehead atoms. The van der Waals surface area contributed by atoms with Crippen molar-refractivity contribution in [3.05, 3.63) is 0 Å². The molecule has 1 aliphatic heterocycles. The molecule has 0 aromatic carbocycles. The van der Waals surface area contributed by atoms with Crippen LogP contribution in [-0.4, -0.2) is 69.2 Å². The van der Waals surface area contributed by atoms with Crippen LogP contribution in [0.1, 0.15) is 51.9 Å². The normalized spacial score (nSPS) is 25.2. The molecule has 150 valence electrons. The number of rotatable bonds is 10. The molecule has 1 saturated heterocycles. The van der Waals surface area contributed by atoms with Gasteiger partial charge in [0.05, 0.1) is 19.8 Å². The van der Waals surface area contributed by atoms with Crippen LogP contribution in [0.3, 0.4) is 0 Å². The van der Waals surface area contributed by atoms with E-state index in [0.717, 1.165) is 51.6 Å². The number of likely N-dealkylation sites (tertiary alicyclic amines) is 1. The van der Waals surface area contributed by atoms with Gasteiger partial charge < -0.3 is 19.7 Å². The van der Waals surface area contributed by atoms with Gasteiger partial charge >= 0.3 is 0 Å². The van der Waals surface area contributed by atoms with E-state index in [0.29, 0.717) is 50.5 Å². The summed E-state index contributed by atoms with van der Waals surface area (Å²) < 4.78 is 10.3. The van der Waals surface area contributed by atoms with Gasteiger partial charge in [0.25, 0.3) is 0 Å². The average molecular weight is 369 g/mol. The molecular weight excluding hydrogens is 332 g/mol. The lowest BCUT2D eigenvalue weighted by molar-refractivity contribution is -0.127. The van der Waals surface area contributed by atoms with Crippen LogP contribution < -0.4 is 5.32 Å². The molecule has 1 saturated carbocycles. The van der Waals surface area contributed by atoms with Gasteiger partial charge in [0.15, 0.2) is 0 Å². The highest BCUT2D eigenvalue weighted by atomic mass is 16.5. The fraction of sp³-hybridized carbons (Fsp3) is 0.900. The molecule has 1 aliphatic carbocycles. The molecule has 26 heavy (non-hydrogen) atoms. The molecule has 0 radical (unpaired) electrons. The maximum Gasteiger partial charge on any atom is 0.223 e. The van der Waals surface area contributed by atoms with Crippen molar-refractivity contribution in [2.24, 2.45) is 11.8 Å². The minimum Gasteiger partial charge on any atom is -0.382 e. The second-order valence-corrected chi connectivity index (χ2v) is 7.53. The number of hydrogen-bond acceptors (Lipinski definition) is 5. The van der Waals surface area contributed by atoms with E-state index in [2.05, 4.69) is 10.2 Å². The Morgan fingerprint density at radius 1 is 0.962 bits per heavy atom. The van der Waals surface area contributed by atoms with Crippen LogP contribution in [0.25, 0.3) is 0 Å². The summed E-state index contributed by atoms with van der Waals surface area (Å²) in [7, 11) is 1.65. The van der Waals surface area contributed by atoms with E-state index >= 15 is 0 Å². The monoisotopic (exact) mass is 368 g/mol. The van der Waals surface area contributed by atoms with E-state index in [1.54, 1.807) is 7.11 Å². The van der Waals surface area contributed by atoms with Crippen LogP contribution in [0.2, 0.25) is 0 Å². The first-order valence-electron chi connectivity index (χ1n) is 10.3. The van der Waals surface area contributed by atoms with E-state index in [4.69, 9.17) is 9.47 Å². The maximum atomic E-state index is 12.3. The van der Waals surface area contributed by atoms with Crippen LogP contribution in [0.15, 0.2) is 0 Å². The minimum absolute atomic E-state index is 0.128. The number of nitrogens with zero attached hydrogens (tertiary/aromatic N) is 1. The first-order valence-corrected chi connectivity index (χ1v) is 10.3. The third-order valence-electron chi connectivity index (χ3n) is 5.89. The summed E-state index contributed by atoms with van der Waals surface area (Å²) in [6, 6.07) is 0.606. The molecule has 2 rings (SSSR count). The number of methoxy groups -OCH3 is 1. The highest BCUT2D eigenvalue weighted by Gasteiger charge is 2.32. The molecule has 0 aromatic rings. The minimum atomic E-state index is 0.128. The number of hydrogen-bond donors (Lipinski definition) is 1. The maximum absolute atomic E-state index is 12.3. The van der Waals surface area contributed by atoms with E-state index < -0.39 is 0 Å². The number of amides is 1. The van der Waals surface area contributed by atoms with Crippen LogP contribution in [0.5, 0.6) is 0 Å². The zero-order valence-electron chi connectivity index (χ0n) is 16.5. The Balaban J connectivity index is 1.60. The lowest BCUT2D eigenvalue weighted by Gasteiger charge is -2.40. The van der Waals surface area contributed by atoms with Gasteiger partial charge in [-0.25, -0.2) is 0 Å². The molecule has 0 atom stereocenters. The summed E-state index contributed by atoms with van der Waals surface area (Å²) in [5.41, 5.74) is 0. The SMILES string of the molecule is CCC(=O)C1CCC(N2CCC(C(=O)NCCOCCOC)CC2)CC1. The summed E-state index contributed by atoms with van der Waals surface area (Å²) in [5, 5.41) is 2.99. The van der Waals surface area contributed by atoms with E-state index in [1.807, 2.05) is 6.92 Å². The summed E-state index contributed by atoms with van der Waals surface area (Å²) in [4.78, 5) is 26.7. The van der Waals surface area contributed by atoms with Crippen LogP contribution >= 0.6 is 0 Å². The number of Topliss-reactive ketones (excluding diaryl/α,β-unsaturated/α-hetero) is 1. The van der Waals surface area contributed by atoms with Crippen LogP contribution in [0, 0.1) is 11.8 Å². The quantitative estimate of drug-likeness (QED) is 0.598. The van der Waals surface area contributed by atoms with Gasteiger partial charge in [-0.1, -0.05) is 6.92 Å². The van der Waals surface area contributed by atoms with Gasteiger partial charge in [0.2, 0.25) is 5.91 Å². The standard InChI is InChI=1S/C20H36N2O4/c1-3-19(23)16-4-6-18(7-5-16)22-11-8-17(9-12-22)20(24)21-10-13-26-15-14-25-2/h16-18H,3-15H2,1-2H3,(H,21,24). The Hall–Kier alpha value is -0.980. The van der Waals surface area contributed by atoms with Crippen LogP contribution in [0.4, 0.5) is 0 Å². The topological polar surface area (TPSA) is 67.9 Å². The van der Waals surface area contributed by atoms with Gasteiger partial charge in [-0.2, -0.15) is 0 Å². The molecular formula is C20H36N2O4. The van der Waals surface area contributed by atoms with Crippen molar-refractivity contribution in [3.8, 4) is 0 Å². The molecule has 1 amide bonds.